The van der Waals surface area contributed by atoms with Gasteiger partial charge < -0.3 is 19.8 Å². The van der Waals surface area contributed by atoms with E-state index >= 15 is 0 Å². The Labute approximate surface area is 145 Å². The molecule has 0 saturated carbocycles. The predicted molar refractivity (Wildman–Crippen MR) is 91.8 cm³/mol. The molecule has 1 aliphatic carbocycles. The monoisotopic (exact) mass is 340 g/mol. The molecule has 2 aliphatic rings. The van der Waals surface area contributed by atoms with Crippen LogP contribution < -0.4 is 20.3 Å². The second-order valence-corrected chi connectivity index (χ2v) is 6.46. The number of carbonyl (C=O) groups is 1. The summed E-state index contributed by atoms with van der Waals surface area (Å²) in [5.41, 5.74) is 2.93. The topological polar surface area (TPSA) is 80.4 Å². The zero-order chi connectivity index (χ0) is 17.2. The van der Waals surface area contributed by atoms with E-state index < -0.39 is 0 Å². The number of aryl methyl sites for hydroxylation is 2. The molecule has 6 nitrogen and oxygen atoms in total. The maximum atomic E-state index is 12.4. The minimum atomic E-state index is -0.0893. The van der Waals surface area contributed by atoms with E-state index in [2.05, 4.69) is 10.3 Å². The van der Waals surface area contributed by atoms with E-state index in [0.29, 0.717) is 12.8 Å². The van der Waals surface area contributed by atoms with Crippen molar-refractivity contribution >= 4 is 5.91 Å². The SMILES string of the molecule is O=C(CCc1ccc2c(c1)OCO2)N[C@H]1CCCc2[nH]c(=O)ccc21. The number of H-pyrrole nitrogens is 1. The number of nitrogens with one attached hydrogen (secondary N) is 2. The minimum absolute atomic E-state index is 0.0155. The molecule has 2 heterocycles. The molecular formula is C19H20N2O4. The van der Waals surface area contributed by atoms with Gasteiger partial charge in [0.25, 0.3) is 0 Å². The standard InChI is InChI=1S/C19H20N2O4/c22-18(8-5-12-4-7-16-17(10-12)25-11-24-16)20-14-2-1-3-15-13(14)6-9-19(23)21-15/h4,6-7,9-10,14H,1-3,5,8,11H2,(H,20,22)(H,21,23)/t14-/m0/s1. The first-order valence-corrected chi connectivity index (χ1v) is 8.59. The van der Waals surface area contributed by atoms with Crippen LogP contribution in [0.1, 0.15) is 42.1 Å². The highest BCUT2D eigenvalue weighted by Crippen LogP contribution is 2.33. The Kier molecular flexibility index (Phi) is 4.17. The Morgan fingerprint density at radius 3 is 3.00 bits per heavy atom. The van der Waals surface area contributed by atoms with Crippen molar-refractivity contribution in [3.05, 3.63) is 57.5 Å². The summed E-state index contributed by atoms with van der Waals surface area (Å²) in [6, 6.07) is 9.09. The van der Waals surface area contributed by atoms with Crippen LogP contribution in [0.5, 0.6) is 11.5 Å². The van der Waals surface area contributed by atoms with Gasteiger partial charge in [-0.2, -0.15) is 0 Å². The number of hydrogen-bond donors (Lipinski definition) is 2. The summed E-state index contributed by atoms with van der Waals surface area (Å²) in [7, 11) is 0. The van der Waals surface area contributed by atoms with Crippen molar-refractivity contribution in [2.75, 3.05) is 6.79 Å². The van der Waals surface area contributed by atoms with E-state index in [4.69, 9.17) is 9.47 Å². The number of pyridine rings is 1. The van der Waals surface area contributed by atoms with Crippen LogP contribution in [0.2, 0.25) is 0 Å². The first-order valence-electron chi connectivity index (χ1n) is 8.59. The first-order chi connectivity index (χ1) is 12.2. The van der Waals surface area contributed by atoms with Crippen molar-refractivity contribution in [1.29, 1.82) is 0 Å². The smallest absolute Gasteiger partial charge is 0.248 e. The van der Waals surface area contributed by atoms with Gasteiger partial charge >= 0.3 is 0 Å². The predicted octanol–water partition coefficient (Wildman–Crippen LogP) is 2.23. The Bertz CT molecular complexity index is 859. The molecule has 1 aromatic heterocycles. The molecule has 1 aromatic carbocycles. The zero-order valence-corrected chi connectivity index (χ0v) is 13.8. The molecule has 1 atom stereocenters. The largest absolute Gasteiger partial charge is 0.454 e. The van der Waals surface area contributed by atoms with Gasteiger partial charge in [-0.05, 0) is 55.0 Å². The third-order valence-electron chi connectivity index (χ3n) is 4.74. The van der Waals surface area contributed by atoms with Crippen LogP contribution in [-0.4, -0.2) is 17.7 Å². The molecule has 2 N–H and O–H groups in total. The van der Waals surface area contributed by atoms with Gasteiger partial charge in [-0.25, -0.2) is 0 Å². The average molecular weight is 340 g/mol. The van der Waals surface area contributed by atoms with E-state index in [1.807, 2.05) is 24.3 Å². The van der Waals surface area contributed by atoms with E-state index in [9.17, 15) is 9.59 Å². The number of ether oxygens (including phenoxy) is 2. The van der Waals surface area contributed by atoms with Crippen molar-refractivity contribution < 1.29 is 14.3 Å². The van der Waals surface area contributed by atoms with E-state index in [0.717, 1.165) is 47.6 Å². The van der Waals surface area contributed by atoms with Gasteiger partial charge in [0.05, 0.1) is 6.04 Å². The fourth-order valence-corrected chi connectivity index (χ4v) is 3.47. The Morgan fingerprint density at radius 1 is 1.20 bits per heavy atom. The summed E-state index contributed by atoms with van der Waals surface area (Å²) in [6.45, 7) is 0.252. The lowest BCUT2D eigenvalue weighted by Crippen LogP contribution is -2.32. The summed E-state index contributed by atoms with van der Waals surface area (Å²) >= 11 is 0. The van der Waals surface area contributed by atoms with Crippen molar-refractivity contribution in [3.63, 3.8) is 0 Å². The number of benzene rings is 1. The molecule has 0 fully saturated rings. The lowest BCUT2D eigenvalue weighted by molar-refractivity contribution is -0.121. The number of rotatable bonds is 4. The molecule has 130 valence electrons. The van der Waals surface area contributed by atoms with Crippen LogP contribution >= 0.6 is 0 Å². The molecule has 0 bridgehead atoms. The van der Waals surface area contributed by atoms with Crippen LogP contribution in [0.3, 0.4) is 0 Å². The number of fused-ring (bicyclic) bond motifs is 2. The summed E-state index contributed by atoms with van der Waals surface area (Å²) in [5.74, 6) is 1.51. The van der Waals surface area contributed by atoms with Crippen LogP contribution in [-0.2, 0) is 17.6 Å². The number of aromatic amines is 1. The summed E-state index contributed by atoms with van der Waals surface area (Å²) in [6.07, 6.45) is 3.77. The highest BCUT2D eigenvalue weighted by Gasteiger charge is 2.22. The van der Waals surface area contributed by atoms with Crippen LogP contribution in [0.25, 0.3) is 0 Å². The molecular weight excluding hydrogens is 320 g/mol. The number of aromatic nitrogens is 1. The number of amides is 1. The van der Waals surface area contributed by atoms with Crippen molar-refractivity contribution in [1.82, 2.24) is 10.3 Å². The quantitative estimate of drug-likeness (QED) is 0.894. The molecule has 2 aromatic rings. The molecule has 4 rings (SSSR count). The molecule has 6 heteroatoms. The van der Waals surface area contributed by atoms with Gasteiger partial charge in [-0.3, -0.25) is 9.59 Å². The summed E-state index contributed by atoms with van der Waals surface area (Å²) in [5, 5.41) is 3.10. The first kappa shape index (κ1) is 15.7. The summed E-state index contributed by atoms with van der Waals surface area (Å²) in [4.78, 5) is 26.7. The van der Waals surface area contributed by atoms with Crippen LogP contribution in [0, 0.1) is 0 Å². The number of hydrogen-bond acceptors (Lipinski definition) is 4. The molecule has 1 amide bonds. The fourth-order valence-electron chi connectivity index (χ4n) is 3.47. The molecule has 1 aliphatic heterocycles. The normalized spacial score (nSPS) is 17.8. The molecule has 0 radical (unpaired) electrons. The fraction of sp³-hybridized carbons (Fsp3) is 0.368. The van der Waals surface area contributed by atoms with E-state index in [1.54, 1.807) is 0 Å². The van der Waals surface area contributed by atoms with Gasteiger partial charge in [0.15, 0.2) is 11.5 Å². The second kappa shape index (κ2) is 6.63. The van der Waals surface area contributed by atoms with Gasteiger partial charge in [0, 0.05) is 18.2 Å². The zero-order valence-electron chi connectivity index (χ0n) is 13.8. The molecule has 0 unspecified atom stereocenters. The number of carbonyl (C=O) groups excluding carboxylic acids is 1. The summed E-state index contributed by atoms with van der Waals surface area (Å²) < 4.78 is 10.7. The Hall–Kier alpha value is -2.76. The Morgan fingerprint density at radius 2 is 2.08 bits per heavy atom. The average Bonchev–Trinajstić information content (AvgIpc) is 3.07. The van der Waals surface area contributed by atoms with Crippen LogP contribution in [0.4, 0.5) is 0 Å². The molecule has 25 heavy (non-hydrogen) atoms. The maximum Gasteiger partial charge on any atom is 0.248 e. The lowest BCUT2D eigenvalue weighted by Gasteiger charge is -2.25. The second-order valence-electron chi connectivity index (χ2n) is 6.46. The Balaban J connectivity index is 1.38. The van der Waals surface area contributed by atoms with Gasteiger partial charge in [0.2, 0.25) is 18.3 Å². The third kappa shape index (κ3) is 3.38. The van der Waals surface area contributed by atoms with E-state index in [-0.39, 0.29) is 24.3 Å². The minimum Gasteiger partial charge on any atom is -0.454 e. The van der Waals surface area contributed by atoms with Crippen molar-refractivity contribution in [3.8, 4) is 11.5 Å². The third-order valence-corrected chi connectivity index (χ3v) is 4.74. The lowest BCUT2D eigenvalue weighted by atomic mass is 9.91. The van der Waals surface area contributed by atoms with E-state index in [1.165, 1.54) is 6.07 Å². The van der Waals surface area contributed by atoms with Gasteiger partial charge in [0.1, 0.15) is 0 Å². The molecule has 0 spiro atoms. The highest BCUT2D eigenvalue weighted by atomic mass is 16.7. The van der Waals surface area contributed by atoms with Crippen molar-refractivity contribution in [2.24, 2.45) is 0 Å². The molecule has 0 saturated heterocycles. The highest BCUT2D eigenvalue weighted by molar-refractivity contribution is 5.76. The van der Waals surface area contributed by atoms with Gasteiger partial charge in [-0.1, -0.05) is 6.07 Å². The van der Waals surface area contributed by atoms with Gasteiger partial charge in [-0.15, -0.1) is 0 Å². The maximum absolute atomic E-state index is 12.4. The van der Waals surface area contributed by atoms with Crippen molar-refractivity contribution in [2.45, 2.75) is 38.1 Å². The van der Waals surface area contributed by atoms with Crippen LogP contribution in [0.15, 0.2) is 35.1 Å².